The average Bonchev–Trinajstić information content (AvgIpc) is 2.25. The molecule has 0 heterocycles. The Morgan fingerprint density at radius 3 is 2.72 bits per heavy atom. The molecular formula is C13H18BrFN2O. The first-order chi connectivity index (χ1) is 8.27. The third kappa shape index (κ3) is 3.53. The summed E-state index contributed by atoms with van der Waals surface area (Å²) < 4.78 is 13.6. The maximum Gasteiger partial charge on any atom is 0.244 e. The van der Waals surface area contributed by atoms with Crippen LogP contribution in [0.5, 0.6) is 0 Å². The summed E-state index contributed by atoms with van der Waals surface area (Å²) in [6, 6.07) is 2.91. The van der Waals surface area contributed by atoms with Crippen LogP contribution in [0.25, 0.3) is 0 Å². The number of benzene rings is 1. The molecule has 0 aliphatic carbocycles. The summed E-state index contributed by atoms with van der Waals surface area (Å²) in [6.07, 6.45) is 1.42. The number of carbonyl (C=O) groups is 1. The highest BCUT2D eigenvalue weighted by molar-refractivity contribution is 9.10. The summed E-state index contributed by atoms with van der Waals surface area (Å²) in [5, 5.41) is 2.74. The molecule has 1 aromatic rings. The van der Waals surface area contributed by atoms with Crippen molar-refractivity contribution in [2.45, 2.75) is 39.2 Å². The minimum Gasteiger partial charge on any atom is -0.324 e. The predicted molar refractivity (Wildman–Crippen MR) is 75.0 cm³/mol. The van der Waals surface area contributed by atoms with Gasteiger partial charge in [-0.3, -0.25) is 4.79 Å². The summed E-state index contributed by atoms with van der Waals surface area (Å²) in [7, 11) is 0. The molecule has 0 aliphatic rings. The summed E-state index contributed by atoms with van der Waals surface area (Å²) in [6.45, 7) is 5.40. The molecule has 0 saturated heterocycles. The van der Waals surface area contributed by atoms with Gasteiger partial charge in [0.1, 0.15) is 5.82 Å². The predicted octanol–water partition coefficient (Wildman–Crippen LogP) is 3.35. The van der Waals surface area contributed by atoms with Crippen LogP contribution in [-0.2, 0) is 4.79 Å². The fraction of sp³-hybridized carbons (Fsp3) is 0.462. The van der Waals surface area contributed by atoms with Crippen molar-refractivity contribution in [3.63, 3.8) is 0 Å². The van der Waals surface area contributed by atoms with Gasteiger partial charge in [0.25, 0.3) is 0 Å². The maximum atomic E-state index is 13.3. The van der Waals surface area contributed by atoms with Crippen molar-refractivity contribution in [3.8, 4) is 0 Å². The summed E-state index contributed by atoms with van der Waals surface area (Å²) in [4.78, 5) is 12.0. The second-order valence-corrected chi connectivity index (χ2v) is 5.56. The number of hydrogen-bond donors (Lipinski definition) is 2. The summed E-state index contributed by atoms with van der Waals surface area (Å²) in [5.74, 6) is -0.611. The molecule has 1 aromatic carbocycles. The number of amides is 1. The molecule has 3 nitrogen and oxygen atoms in total. The molecule has 1 rings (SSSR count). The van der Waals surface area contributed by atoms with Crippen molar-refractivity contribution in [2.75, 3.05) is 5.32 Å². The molecule has 0 aromatic heterocycles. The van der Waals surface area contributed by atoms with E-state index in [-0.39, 0.29) is 11.7 Å². The molecular weight excluding hydrogens is 299 g/mol. The van der Waals surface area contributed by atoms with E-state index >= 15 is 0 Å². The lowest BCUT2D eigenvalue weighted by Gasteiger charge is -2.23. The molecule has 1 amide bonds. The minimum atomic E-state index is -0.915. The van der Waals surface area contributed by atoms with Gasteiger partial charge in [0.15, 0.2) is 0 Å². The van der Waals surface area contributed by atoms with Gasteiger partial charge in [-0.1, -0.05) is 13.3 Å². The van der Waals surface area contributed by atoms with Gasteiger partial charge in [-0.05, 0) is 53.9 Å². The van der Waals surface area contributed by atoms with Gasteiger partial charge in [-0.25, -0.2) is 4.39 Å². The minimum absolute atomic E-state index is 0.258. The van der Waals surface area contributed by atoms with Gasteiger partial charge in [0, 0.05) is 5.69 Å². The van der Waals surface area contributed by atoms with E-state index in [0.29, 0.717) is 22.1 Å². The first-order valence-electron chi connectivity index (χ1n) is 5.84. The number of nitrogens with one attached hydrogen (secondary N) is 1. The van der Waals surface area contributed by atoms with Crippen LogP contribution in [-0.4, -0.2) is 11.4 Å². The Bertz CT molecular complexity index is 461. The maximum absolute atomic E-state index is 13.3. The molecule has 0 spiro atoms. The number of aryl methyl sites for hydroxylation is 1. The fourth-order valence-corrected chi connectivity index (χ4v) is 2.02. The molecule has 5 heteroatoms. The second-order valence-electron chi connectivity index (χ2n) is 4.70. The van der Waals surface area contributed by atoms with E-state index in [2.05, 4.69) is 21.2 Å². The number of nitrogens with two attached hydrogens (primary N) is 1. The topological polar surface area (TPSA) is 55.1 Å². The highest BCUT2D eigenvalue weighted by Gasteiger charge is 2.27. The zero-order valence-electron chi connectivity index (χ0n) is 10.8. The summed E-state index contributed by atoms with van der Waals surface area (Å²) in [5.41, 5.74) is 6.26. The van der Waals surface area contributed by atoms with E-state index in [1.165, 1.54) is 6.07 Å². The van der Waals surface area contributed by atoms with Crippen LogP contribution in [0.3, 0.4) is 0 Å². The van der Waals surface area contributed by atoms with Gasteiger partial charge in [0.2, 0.25) is 5.91 Å². The van der Waals surface area contributed by atoms with Crippen molar-refractivity contribution < 1.29 is 9.18 Å². The number of anilines is 1. The number of rotatable bonds is 4. The smallest absolute Gasteiger partial charge is 0.244 e. The van der Waals surface area contributed by atoms with Crippen LogP contribution in [0.4, 0.5) is 10.1 Å². The van der Waals surface area contributed by atoms with Gasteiger partial charge in [-0.15, -0.1) is 0 Å². The standard InChI is InChI=1S/C13H18BrFN2O/c1-4-5-13(3,16)12(18)17-11-7-9(14)10(15)6-8(11)2/h6-7H,4-5,16H2,1-3H3,(H,17,18). The third-order valence-electron chi connectivity index (χ3n) is 2.80. The van der Waals surface area contributed by atoms with Crippen LogP contribution in [0.2, 0.25) is 0 Å². The Balaban J connectivity index is 2.92. The molecule has 3 N–H and O–H groups in total. The van der Waals surface area contributed by atoms with Crippen LogP contribution >= 0.6 is 15.9 Å². The zero-order valence-corrected chi connectivity index (χ0v) is 12.4. The Hall–Kier alpha value is -0.940. The Kier molecular flexibility index (Phi) is 4.87. The highest BCUT2D eigenvalue weighted by Crippen LogP contribution is 2.25. The largest absolute Gasteiger partial charge is 0.324 e. The molecule has 1 unspecified atom stereocenters. The van der Waals surface area contributed by atoms with Gasteiger partial charge >= 0.3 is 0 Å². The summed E-state index contributed by atoms with van der Waals surface area (Å²) >= 11 is 3.09. The third-order valence-corrected chi connectivity index (χ3v) is 3.41. The van der Waals surface area contributed by atoms with Crippen molar-refractivity contribution in [1.29, 1.82) is 0 Å². The monoisotopic (exact) mass is 316 g/mol. The zero-order chi connectivity index (χ0) is 13.9. The number of carbonyl (C=O) groups excluding carboxylic acids is 1. The quantitative estimate of drug-likeness (QED) is 0.895. The lowest BCUT2D eigenvalue weighted by Crippen LogP contribution is -2.48. The lowest BCUT2D eigenvalue weighted by molar-refractivity contribution is -0.120. The van der Waals surface area contributed by atoms with E-state index < -0.39 is 5.54 Å². The molecule has 0 radical (unpaired) electrons. The van der Waals surface area contributed by atoms with E-state index in [4.69, 9.17) is 5.73 Å². The Morgan fingerprint density at radius 2 is 2.17 bits per heavy atom. The van der Waals surface area contributed by atoms with Crippen LogP contribution < -0.4 is 11.1 Å². The van der Waals surface area contributed by atoms with Gasteiger partial charge in [0.05, 0.1) is 10.0 Å². The van der Waals surface area contributed by atoms with Gasteiger partial charge < -0.3 is 11.1 Å². The molecule has 18 heavy (non-hydrogen) atoms. The first kappa shape index (κ1) is 15.1. The van der Waals surface area contributed by atoms with Crippen molar-refractivity contribution in [1.82, 2.24) is 0 Å². The Labute approximate surface area is 115 Å². The molecule has 0 fully saturated rings. The average molecular weight is 317 g/mol. The Morgan fingerprint density at radius 1 is 1.56 bits per heavy atom. The van der Waals surface area contributed by atoms with E-state index in [1.807, 2.05) is 6.92 Å². The first-order valence-corrected chi connectivity index (χ1v) is 6.63. The van der Waals surface area contributed by atoms with Crippen molar-refractivity contribution in [2.24, 2.45) is 5.73 Å². The van der Waals surface area contributed by atoms with Crippen LogP contribution in [0, 0.1) is 12.7 Å². The number of halogens is 2. The van der Waals surface area contributed by atoms with E-state index in [1.54, 1.807) is 19.9 Å². The SMILES string of the molecule is CCCC(C)(N)C(=O)Nc1cc(Br)c(F)cc1C. The molecule has 0 aliphatic heterocycles. The molecule has 0 saturated carbocycles. The number of hydrogen-bond acceptors (Lipinski definition) is 2. The van der Waals surface area contributed by atoms with E-state index in [0.717, 1.165) is 6.42 Å². The normalized spacial score (nSPS) is 14.1. The second kappa shape index (κ2) is 5.80. The molecule has 1 atom stereocenters. The van der Waals surface area contributed by atoms with Crippen molar-refractivity contribution >= 4 is 27.5 Å². The molecule has 100 valence electrons. The van der Waals surface area contributed by atoms with Gasteiger partial charge in [-0.2, -0.15) is 0 Å². The highest BCUT2D eigenvalue weighted by atomic mass is 79.9. The van der Waals surface area contributed by atoms with Crippen LogP contribution in [0.1, 0.15) is 32.3 Å². The molecule has 0 bridgehead atoms. The van der Waals surface area contributed by atoms with Crippen molar-refractivity contribution in [3.05, 3.63) is 28.0 Å². The van der Waals surface area contributed by atoms with E-state index in [9.17, 15) is 9.18 Å². The van der Waals surface area contributed by atoms with Crippen LogP contribution in [0.15, 0.2) is 16.6 Å². The lowest BCUT2D eigenvalue weighted by atomic mass is 9.96. The fourth-order valence-electron chi connectivity index (χ4n) is 1.68.